The van der Waals surface area contributed by atoms with Crippen molar-refractivity contribution in [1.29, 1.82) is 0 Å². The Labute approximate surface area is 192 Å². The fraction of sp³-hybridized carbons (Fsp3) is 0.680. The van der Waals surface area contributed by atoms with Crippen LogP contribution in [0.15, 0.2) is 23.8 Å². The molecule has 0 saturated heterocycles. The second-order valence-corrected chi connectivity index (χ2v) is 10.8. The van der Waals surface area contributed by atoms with Crippen molar-refractivity contribution >= 4 is 23.5 Å². The summed E-state index contributed by atoms with van der Waals surface area (Å²) >= 11 is 0. The molecule has 33 heavy (non-hydrogen) atoms. The number of carbonyl (C=O) groups is 4. The average molecular weight is 459 g/mol. The molecular weight excluding hydrogens is 428 g/mol. The van der Waals surface area contributed by atoms with Gasteiger partial charge < -0.3 is 19.7 Å². The summed E-state index contributed by atoms with van der Waals surface area (Å²) in [4.78, 5) is 50.1. The Morgan fingerprint density at radius 1 is 1.03 bits per heavy atom. The Hall–Kier alpha value is -2.32. The molecule has 0 amide bonds. The molecule has 178 valence electrons. The van der Waals surface area contributed by atoms with Gasteiger partial charge in [-0.05, 0) is 69.3 Å². The predicted octanol–water partition coefficient (Wildman–Crippen LogP) is 1.77. The quantitative estimate of drug-likeness (QED) is 0.600. The average Bonchev–Trinajstić information content (AvgIpc) is 2.95. The standard InChI is InChI=1S/C25H30O8/c1-22-9-7-18-16(17(22)8-10-24(22,31)19(28)13-26)4-3-14-11-15(27)12-25(23(14,18)2)32-20(29)5-6-21(30)33-25/h5-6,11,16-18,26,31H,3-4,7-10,12-13H2,1-2H3/t16-,17+,18+,22+,23+,24+/m1/s1. The van der Waals surface area contributed by atoms with Gasteiger partial charge in [0.15, 0.2) is 11.6 Å². The number of Topliss-reactive ketones (excluding diaryl/α,β-unsaturated/α-hetero) is 1. The second kappa shape index (κ2) is 7.09. The first-order chi connectivity index (χ1) is 15.5. The molecule has 0 aromatic rings. The van der Waals surface area contributed by atoms with Gasteiger partial charge in [-0.25, -0.2) is 9.59 Å². The zero-order valence-corrected chi connectivity index (χ0v) is 19.0. The minimum Gasteiger partial charge on any atom is -0.418 e. The van der Waals surface area contributed by atoms with E-state index in [4.69, 9.17) is 9.47 Å². The third kappa shape index (κ3) is 2.77. The highest BCUT2D eigenvalue weighted by molar-refractivity contribution is 5.97. The first-order valence-corrected chi connectivity index (χ1v) is 11.8. The van der Waals surface area contributed by atoms with Crippen LogP contribution in [-0.4, -0.2) is 51.7 Å². The van der Waals surface area contributed by atoms with Crippen LogP contribution >= 0.6 is 0 Å². The van der Waals surface area contributed by atoms with Gasteiger partial charge in [-0.2, -0.15) is 0 Å². The summed E-state index contributed by atoms with van der Waals surface area (Å²) in [5.74, 6) is -3.93. The minimum absolute atomic E-state index is 0.0140. The number of hydrogen-bond donors (Lipinski definition) is 2. The molecular formula is C25H30O8. The van der Waals surface area contributed by atoms with Gasteiger partial charge in [0.2, 0.25) is 0 Å². The highest BCUT2D eigenvalue weighted by Gasteiger charge is 2.71. The molecule has 3 saturated carbocycles. The maximum atomic E-state index is 12.7. The summed E-state index contributed by atoms with van der Waals surface area (Å²) in [6, 6.07) is 0. The van der Waals surface area contributed by atoms with Gasteiger partial charge in [0, 0.05) is 17.6 Å². The lowest BCUT2D eigenvalue weighted by molar-refractivity contribution is -0.281. The summed E-state index contributed by atoms with van der Waals surface area (Å²) in [6.45, 7) is 3.18. The fourth-order valence-corrected chi connectivity index (χ4v) is 8.07. The normalized spacial score (nSPS) is 43.6. The lowest BCUT2D eigenvalue weighted by Crippen LogP contribution is -2.65. The van der Waals surface area contributed by atoms with Crippen LogP contribution in [0.1, 0.15) is 58.8 Å². The molecule has 1 spiro atoms. The van der Waals surface area contributed by atoms with Gasteiger partial charge in [0.25, 0.3) is 5.79 Å². The Bertz CT molecular complexity index is 990. The van der Waals surface area contributed by atoms with Crippen molar-refractivity contribution in [1.82, 2.24) is 0 Å². The van der Waals surface area contributed by atoms with Gasteiger partial charge in [-0.15, -0.1) is 0 Å². The Morgan fingerprint density at radius 2 is 1.67 bits per heavy atom. The second-order valence-electron chi connectivity index (χ2n) is 10.8. The van der Waals surface area contributed by atoms with E-state index in [1.54, 1.807) is 6.08 Å². The fourth-order valence-electron chi connectivity index (χ4n) is 8.07. The van der Waals surface area contributed by atoms with Crippen LogP contribution in [0.2, 0.25) is 0 Å². The van der Waals surface area contributed by atoms with Crippen molar-refractivity contribution in [2.24, 2.45) is 28.6 Å². The molecule has 0 aromatic carbocycles. The highest BCUT2D eigenvalue weighted by atomic mass is 16.7. The molecule has 0 bridgehead atoms. The summed E-state index contributed by atoms with van der Waals surface area (Å²) in [5.41, 5.74) is -2.32. The van der Waals surface area contributed by atoms with Crippen LogP contribution < -0.4 is 0 Å². The first kappa shape index (κ1) is 22.5. The molecule has 0 unspecified atom stereocenters. The lowest BCUT2D eigenvalue weighted by atomic mass is 9.45. The Balaban J connectivity index is 1.59. The molecule has 3 fully saturated rings. The van der Waals surface area contributed by atoms with Crippen molar-refractivity contribution in [3.05, 3.63) is 23.8 Å². The van der Waals surface area contributed by atoms with E-state index in [1.165, 1.54) is 0 Å². The molecule has 0 aromatic heterocycles. The van der Waals surface area contributed by atoms with E-state index in [2.05, 4.69) is 0 Å². The van der Waals surface area contributed by atoms with Crippen LogP contribution in [0.5, 0.6) is 0 Å². The maximum absolute atomic E-state index is 12.7. The minimum atomic E-state index is -1.72. The number of fused-ring (bicyclic) bond motifs is 6. The van der Waals surface area contributed by atoms with Crippen LogP contribution in [-0.2, 0) is 28.7 Å². The number of esters is 2. The number of aliphatic hydroxyl groups excluding tert-OH is 1. The molecule has 1 heterocycles. The summed E-state index contributed by atoms with van der Waals surface area (Å²) in [7, 11) is 0. The molecule has 2 N–H and O–H groups in total. The van der Waals surface area contributed by atoms with E-state index in [-0.39, 0.29) is 30.0 Å². The van der Waals surface area contributed by atoms with Gasteiger partial charge >= 0.3 is 11.9 Å². The molecule has 6 atom stereocenters. The number of ketones is 2. The summed E-state index contributed by atoms with van der Waals surface area (Å²) in [5, 5.41) is 20.9. The van der Waals surface area contributed by atoms with Crippen molar-refractivity contribution in [2.75, 3.05) is 6.61 Å². The number of rotatable bonds is 2. The molecule has 8 nitrogen and oxygen atoms in total. The number of ether oxygens (including phenoxy) is 2. The predicted molar refractivity (Wildman–Crippen MR) is 113 cm³/mol. The zero-order chi connectivity index (χ0) is 23.8. The van der Waals surface area contributed by atoms with E-state index in [9.17, 15) is 29.4 Å². The van der Waals surface area contributed by atoms with Crippen LogP contribution in [0.25, 0.3) is 0 Å². The van der Waals surface area contributed by atoms with Crippen molar-refractivity contribution in [3.8, 4) is 0 Å². The lowest BCUT2D eigenvalue weighted by Gasteiger charge is -2.62. The van der Waals surface area contributed by atoms with E-state index in [1.807, 2.05) is 13.8 Å². The van der Waals surface area contributed by atoms with Gasteiger partial charge in [-0.3, -0.25) is 9.59 Å². The molecule has 1 aliphatic heterocycles. The number of hydrogen-bond acceptors (Lipinski definition) is 8. The van der Waals surface area contributed by atoms with E-state index >= 15 is 0 Å². The van der Waals surface area contributed by atoms with E-state index in [0.717, 1.165) is 24.1 Å². The third-order valence-electron chi connectivity index (χ3n) is 9.77. The molecule has 5 aliphatic rings. The Morgan fingerprint density at radius 3 is 2.30 bits per heavy atom. The van der Waals surface area contributed by atoms with Crippen molar-refractivity contribution in [3.63, 3.8) is 0 Å². The van der Waals surface area contributed by atoms with Crippen LogP contribution in [0, 0.1) is 28.6 Å². The van der Waals surface area contributed by atoms with Gasteiger partial charge in [-0.1, -0.05) is 12.5 Å². The van der Waals surface area contributed by atoms with E-state index < -0.39 is 46.5 Å². The van der Waals surface area contributed by atoms with Gasteiger partial charge in [0.05, 0.1) is 11.8 Å². The van der Waals surface area contributed by atoms with Crippen molar-refractivity contribution in [2.45, 2.75) is 70.2 Å². The SMILES string of the molecule is C[C@@]12C(=CC(=O)CC13OC(=O)C=CC(=O)O3)CC[C@H]1[C@@H]2CC[C@@]2(C)[C@H]1CC[C@]2(O)C(=O)CO. The van der Waals surface area contributed by atoms with Crippen LogP contribution in [0.3, 0.4) is 0 Å². The Kier molecular flexibility index (Phi) is 4.83. The maximum Gasteiger partial charge on any atom is 0.334 e. The van der Waals surface area contributed by atoms with E-state index in [0.29, 0.717) is 32.1 Å². The number of aliphatic hydroxyl groups is 2. The third-order valence-corrected chi connectivity index (χ3v) is 9.77. The molecule has 4 aliphatic carbocycles. The first-order valence-electron chi connectivity index (χ1n) is 11.8. The van der Waals surface area contributed by atoms with Crippen LogP contribution in [0.4, 0.5) is 0 Å². The molecule has 5 rings (SSSR count). The van der Waals surface area contributed by atoms with Crippen molar-refractivity contribution < 1.29 is 38.9 Å². The smallest absolute Gasteiger partial charge is 0.334 e. The molecule has 0 radical (unpaired) electrons. The molecule has 8 heteroatoms. The highest BCUT2D eigenvalue weighted by Crippen LogP contribution is 2.69. The largest absolute Gasteiger partial charge is 0.418 e. The van der Waals surface area contributed by atoms with Gasteiger partial charge in [0.1, 0.15) is 12.2 Å². The summed E-state index contributed by atoms with van der Waals surface area (Å²) < 4.78 is 11.5. The zero-order valence-electron chi connectivity index (χ0n) is 19.0. The topological polar surface area (TPSA) is 127 Å². The summed E-state index contributed by atoms with van der Waals surface area (Å²) in [6.07, 6.45) is 6.86. The monoisotopic (exact) mass is 458 g/mol. The number of carbonyl (C=O) groups excluding carboxylic acids is 4.